The van der Waals surface area contributed by atoms with Gasteiger partial charge in [0, 0.05) is 5.69 Å². The van der Waals surface area contributed by atoms with Gasteiger partial charge in [-0.25, -0.2) is 0 Å². The molecule has 0 atom stereocenters. The summed E-state index contributed by atoms with van der Waals surface area (Å²) in [5.74, 6) is 0.538. The zero-order chi connectivity index (χ0) is 23.8. The topological polar surface area (TPSA) is 51.9 Å². The van der Waals surface area contributed by atoms with Gasteiger partial charge in [0.05, 0.1) is 29.5 Å². The maximum atomic E-state index is 13.7. The van der Waals surface area contributed by atoms with Crippen LogP contribution in [0.1, 0.15) is 42.9 Å². The molecule has 1 spiro atoms. The van der Waals surface area contributed by atoms with E-state index in [9.17, 15) is 18.4 Å². The van der Waals surface area contributed by atoms with Crippen molar-refractivity contribution < 1.29 is 17.4 Å². The molecule has 0 bridgehead atoms. The summed E-state index contributed by atoms with van der Waals surface area (Å²) in [5.41, 5.74) is 0.148. The summed E-state index contributed by atoms with van der Waals surface area (Å²) < 4.78 is 51.0. The minimum atomic E-state index is -4.68. The van der Waals surface area contributed by atoms with Crippen LogP contribution in [0, 0.1) is 18.3 Å². The molecule has 33 heavy (non-hydrogen) atoms. The molecule has 0 N–H and O–H groups in total. The molecule has 0 unspecified atom stereocenters. The zero-order valence-corrected chi connectivity index (χ0v) is 19.7. The number of nitriles is 1. The molecule has 0 aromatic heterocycles. The van der Waals surface area contributed by atoms with E-state index in [1.807, 2.05) is 43.0 Å². The van der Waals surface area contributed by atoms with E-state index in [0.29, 0.717) is 17.6 Å². The lowest BCUT2D eigenvalue weighted by Crippen LogP contribution is -2.55. The summed E-state index contributed by atoms with van der Waals surface area (Å²) in [5, 5.41) is 9.53. The first-order valence-corrected chi connectivity index (χ1v) is 11.5. The Morgan fingerprint density at radius 1 is 1.18 bits per heavy atom. The van der Waals surface area contributed by atoms with Gasteiger partial charge in [-0.3, -0.25) is 9.08 Å². The molecule has 1 aliphatic carbocycles. The van der Waals surface area contributed by atoms with Crippen molar-refractivity contribution in [2.45, 2.75) is 44.8 Å². The van der Waals surface area contributed by atoms with Crippen LogP contribution in [0.15, 0.2) is 46.9 Å². The number of thiocarbonyl (C=S) groups is 1. The molecule has 2 aromatic carbocycles. The van der Waals surface area contributed by atoms with E-state index < -0.39 is 22.8 Å². The molecule has 2 aromatic rings. The molecule has 1 saturated carbocycles. The number of hydrogen-bond acceptors (Lipinski definition) is 5. The SMILES string of the molecule is CCOSN=C1N(c2ccc(C#N)c(C(F)(F)F)c2)C(=S)N(c2ccc(C)cc2)C12CCC2. The van der Waals surface area contributed by atoms with Crippen LogP contribution in [0.4, 0.5) is 24.5 Å². The van der Waals surface area contributed by atoms with E-state index in [1.54, 1.807) is 11.0 Å². The van der Waals surface area contributed by atoms with E-state index in [4.69, 9.17) is 16.4 Å². The Morgan fingerprint density at radius 2 is 1.85 bits per heavy atom. The second kappa shape index (κ2) is 8.97. The van der Waals surface area contributed by atoms with Gasteiger partial charge in [-0.05, 0) is 75.7 Å². The van der Waals surface area contributed by atoms with E-state index >= 15 is 0 Å². The van der Waals surface area contributed by atoms with E-state index in [1.165, 1.54) is 12.1 Å². The van der Waals surface area contributed by atoms with E-state index in [0.717, 1.165) is 48.8 Å². The monoisotopic (exact) mass is 490 g/mol. The first kappa shape index (κ1) is 23.5. The van der Waals surface area contributed by atoms with Crippen LogP contribution < -0.4 is 9.80 Å². The lowest BCUT2D eigenvalue weighted by Gasteiger charge is -2.44. The zero-order valence-electron chi connectivity index (χ0n) is 18.0. The van der Waals surface area contributed by atoms with Gasteiger partial charge in [0.1, 0.15) is 17.8 Å². The van der Waals surface area contributed by atoms with Crippen molar-refractivity contribution in [3.63, 3.8) is 0 Å². The Balaban J connectivity index is 1.87. The van der Waals surface area contributed by atoms with Crippen molar-refractivity contribution in [3.05, 3.63) is 59.2 Å². The molecule has 1 aliphatic heterocycles. The Bertz CT molecular complexity index is 1140. The minimum Gasteiger partial charge on any atom is -0.305 e. The standard InChI is InChI=1S/C23H21F3N4OS2/c1-3-31-33-28-20-22(11-4-12-22)30(17-8-5-15(2)6-9-17)21(32)29(20)18-10-7-16(14-27)19(13-18)23(24,25)26/h5-10,13H,3-4,11-12H2,1-2H3. The molecule has 2 aliphatic rings. The van der Waals surface area contributed by atoms with Crippen LogP contribution in [0.2, 0.25) is 0 Å². The summed E-state index contributed by atoms with van der Waals surface area (Å²) in [7, 11) is 0. The lowest BCUT2D eigenvalue weighted by atomic mass is 9.75. The Hall–Kier alpha value is -2.61. The second-order valence-corrected chi connectivity index (χ2v) is 8.84. The van der Waals surface area contributed by atoms with Gasteiger partial charge in [-0.15, -0.1) is 0 Å². The predicted molar refractivity (Wildman–Crippen MR) is 128 cm³/mol. The summed E-state index contributed by atoms with van der Waals surface area (Å²) in [4.78, 5) is 3.57. The number of amidine groups is 1. The average molecular weight is 491 g/mol. The third kappa shape index (κ3) is 4.09. The number of hydrogen-bond donors (Lipinski definition) is 0. The lowest BCUT2D eigenvalue weighted by molar-refractivity contribution is -0.137. The smallest absolute Gasteiger partial charge is 0.305 e. The minimum absolute atomic E-state index is 0.211. The van der Waals surface area contributed by atoms with E-state index in [2.05, 4.69) is 4.40 Å². The van der Waals surface area contributed by atoms with Crippen LogP contribution in [0.5, 0.6) is 0 Å². The Kier molecular flexibility index (Phi) is 6.40. The highest BCUT2D eigenvalue weighted by Gasteiger charge is 2.58. The number of benzene rings is 2. The molecule has 172 valence electrons. The van der Waals surface area contributed by atoms with Crippen molar-refractivity contribution in [1.29, 1.82) is 5.26 Å². The summed E-state index contributed by atoms with van der Waals surface area (Å²) >= 11 is 6.74. The van der Waals surface area contributed by atoms with Crippen LogP contribution >= 0.6 is 24.4 Å². The van der Waals surface area contributed by atoms with Gasteiger partial charge in [0.15, 0.2) is 10.9 Å². The Morgan fingerprint density at radius 3 is 2.39 bits per heavy atom. The fraction of sp³-hybridized carbons (Fsp3) is 0.348. The van der Waals surface area contributed by atoms with Gasteiger partial charge in [-0.1, -0.05) is 17.7 Å². The van der Waals surface area contributed by atoms with Gasteiger partial charge in [0.25, 0.3) is 0 Å². The highest BCUT2D eigenvalue weighted by molar-refractivity contribution is 7.93. The van der Waals surface area contributed by atoms with Gasteiger partial charge in [0.2, 0.25) is 0 Å². The Labute approximate surface area is 200 Å². The largest absolute Gasteiger partial charge is 0.417 e. The number of alkyl halides is 3. The third-order valence-corrected chi connectivity index (χ3v) is 6.85. The van der Waals surface area contributed by atoms with Crippen molar-refractivity contribution in [1.82, 2.24) is 0 Å². The quantitative estimate of drug-likeness (QED) is 0.209. The molecule has 4 rings (SSSR count). The molecule has 2 fully saturated rings. The fourth-order valence-corrected chi connectivity index (χ4v) is 5.12. The normalized spacial score (nSPS) is 18.7. The first-order chi connectivity index (χ1) is 15.7. The average Bonchev–Trinajstić information content (AvgIpc) is 3.02. The van der Waals surface area contributed by atoms with E-state index in [-0.39, 0.29) is 5.69 Å². The molecule has 1 saturated heterocycles. The third-order valence-electron chi connectivity index (χ3n) is 5.89. The van der Waals surface area contributed by atoms with Gasteiger partial charge in [-0.2, -0.15) is 22.8 Å². The van der Waals surface area contributed by atoms with Gasteiger partial charge >= 0.3 is 6.18 Å². The van der Waals surface area contributed by atoms with Crippen molar-refractivity contribution >= 4 is 46.8 Å². The van der Waals surface area contributed by atoms with Crippen LogP contribution in [0.3, 0.4) is 0 Å². The van der Waals surface area contributed by atoms with Gasteiger partial charge < -0.3 is 4.90 Å². The first-order valence-electron chi connectivity index (χ1n) is 10.4. The maximum Gasteiger partial charge on any atom is 0.417 e. The molecule has 0 amide bonds. The molecule has 10 heteroatoms. The number of anilines is 2. The molecule has 5 nitrogen and oxygen atoms in total. The van der Waals surface area contributed by atoms with Crippen LogP contribution in [-0.4, -0.2) is 23.1 Å². The highest BCUT2D eigenvalue weighted by atomic mass is 32.2. The molecular formula is C23H21F3N4OS2. The predicted octanol–water partition coefficient (Wildman–Crippen LogP) is 6.42. The van der Waals surface area contributed by atoms with Crippen molar-refractivity contribution in [2.75, 3.05) is 16.4 Å². The van der Waals surface area contributed by atoms with Crippen molar-refractivity contribution in [2.24, 2.45) is 4.40 Å². The second-order valence-electron chi connectivity index (χ2n) is 7.91. The molecule has 0 radical (unpaired) electrons. The van der Waals surface area contributed by atoms with Crippen LogP contribution in [-0.2, 0) is 10.4 Å². The number of halogens is 3. The highest BCUT2D eigenvalue weighted by Crippen LogP contribution is 2.49. The number of nitrogens with zero attached hydrogens (tertiary/aromatic N) is 4. The summed E-state index contributed by atoms with van der Waals surface area (Å²) in [6.45, 7) is 4.24. The molecule has 1 heterocycles. The molecular weight excluding hydrogens is 469 g/mol. The van der Waals surface area contributed by atoms with Crippen molar-refractivity contribution in [3.8, 4) is 6.07 Å². The summed E-state index contributed by atoms with van der Waals surface area (Å²) in [6, 6.07) is 13.1. The fourth-order valence-electron chi connectivity index (χ4n) is 4.17. The number of aryl methyl sites for hydroxylation is 1. The summed E-state index contributed by atoms with van der Waals surface area (Å²) in [6.07, 6.45) is -2.22. The maximum absolute atomic E-state index is 13.7. The van der Waals surface area contributed by atoms with Crippen LogP contribution in [0.25, 0.3) is 0 Å². The number of rotatable bonds is 5.